The molecule has 3 N–H and O–H groups in total. The number of pyridine rings is 1. The zero-order valence-corrected chi connectivity index (χ0v) is 13.7. The van der Waals surface area contributed by atoms with Crippen LogP contribution in [0.5, 0.6) is 0 Å². The normalized spacial score (nSPS) is 11.2. The monoisotopic (exact) mass is 334 g/mol. The number of amides is 1. The van der Waals surface area contributed by atoms with Crippen LogP contribution in [0.3, 0.4) is 0 Å². The minimum absolute atomic E-state index is 0.0674. The van der Waals surface area contributed by atoms with Gasteiger partial charge in [0.05, 0.1) is 4.90 Å². The number of rotatable bonds is 6. The van der Waals surface area contributed by atoms with Gasteiger partial charge in [-0.05, 0) is 30.3 Å². The van der Waals surface area contributed by atoms with Crippen LogP contribution in [0.2, 0.25) is 0 Å². The Morgan fingerprint density at radius 2 is 1.87 bits per heavy atom. The zero-order chi connectivity index (χ0) is 17.0. The number of nitrogens with zero attached hydrogens (tertiary/aromatic N) is 2. The Bertz CT molecular complexity index is 802. The molecule has 2 aromatic rings. The second-order valence-electron chi connectivity index (χ2n) is 5.09. The summed E-state index contributed by atoms with van der Waals surface area (Å²) in [6, 6.07) is 9.01. The Labute approximate surface area is 135 Å². The summed E-state index contributed by atoms with van der Waals surface area (Å²) in [4.78, 5) is 17.1. The number of carbonyl (C=O) groups excluding carboxylic acids is 1. The number of aromatic nitrogens is 1. The van der Waals surface area contributed by atoms with Crippen LogP contribution in [-0.4, -0.2) is 33.4 Å². The molecular weight excluding hydrogens is 316 g/mol. The smallest absolute Gasteiger partial charge is 0.248 e. The van der Waals surface area contributed by atoms with Gasteiger partial charge in [0, 0.05) is 38.0 Å². The van der Waals surface area contributed by atoms with Crippen molar-refractivity contribution in [2.24, 2.45) is 5.73 Å². The molecule has 0 atom stereocenters. The van der Waals surface area contributed by atoms with E-state index in [0.717, 1.165) is 5.56 Å². The number of hydrogen-bond acceptors (Lipinski definition) is 5. The number of nitrogens with one attached hydrogen (secondary N) is 1. The fourth-order valence-corrected chi connectivity index (χ4v) is 3.03. The van der Waals surface area contributed by atoms with Crippen LogP contribution in [-0.2, 0) is 16.6 Å². The van der Waals surface area contributed by atoms with Crippen molar-refractivity contribution in [2.45, 2.75) is 11.4 Å². The predicted octanol–water partition coefficient (Wildman–Crippen LogP) is 0.725. The maximum Gasteiger partial charge on any atom is 0.248 e. The Kier molecular flexibility index (Phi) is 4.97. The average molecular weight is 334 g/mol. The van der Waals surface area contributed by atoms with Gasteiger partial charge in [0.25, 0.3) is 0 Å². The summed E-state index contributed by atoms with van der Waals surface area (Å²) in [5.74, 6) is 0.0900. The van der Waals surface area contributed by atoms with Gasteiger partial charge < -0.3 is 10.6 Å². The quantitative estimate of drug-likeness (QED) is 0.810. The van der Waals surface area contributed by atoms with Crippen molar-refractivity contribution in [1.82, 2.24) is 9.71 Å². The van der Waals surface area contributed by atoms with E-state index in [4.69, 9.17) is 5.73 Å². The highest BCUT2D eigenvalue weighted by Crippen LogP contribution is 2.16. The van der Waals surface area contributed by atoms with Crippen molar-refractivity contribution in [3.63, 3.8) is 0 Å². The molecule has 0 aliphatic rings. The molecule has 0 aliphatic carbocycles. The molecule has 7 nitrogen and oxygen atoms in total. The number of hydrogen-bond donors (Lipinski definition) is 2. The van der Waals surface area contributed by atoms with Crippen molar-refractivity contribution in [1.29, 1.82) is 0 Å². The van der Waals surface area contributed by atoms with Crippen molar-refractivity contribution in [2.75, 3.05) is 19.0 Å². The molecule has 0 aliphatic heterocycles. The van der Waals surface area contributed by atoms with Gasteiger partial charge in [-0.25, -0.2) is 18.1 Å². The molecule has 0 unspecified atom stereocenters. The third-order valence-electron chi connectivity index (χ3n) is 3.19. The summed E-state index contributed by atoms with van der Waals surface area (Å²) in [5, 5.41) is 0. The number of nitrogens with two attached hydrogens (primary N) is 1. The molecule has 1 aromatic carbocycles. The second kappa shape index (κ2) is 6.76. The molecule has 2 rings (SSSR count). The van der Waals surface area contributed by atoms with Crippen LogP contribution >= 0.6 is 0 Å². The van der Waals surface area contributed by atoms with E-state index >= 15 is 0 Å². The Hall–Kier alpha value is -2.45. The number of benzene rings is 1. The van der Waals surface area contributed by atoms with Gasteiger partial charge >= 0.3 is 0 Å². The lowest BCUT2D eigenvalue weighted by molar-refractivity contribution is 0.1000. The maximum absolute atomic E-state index is 12.3. The molecular formula is C15H18N4O3S. The van der Waals surface area contributed by atoms with Gasteiger partial charge in [-0.15, -0.1) is 0 Å². The topological polar surface area (TPSA) is 105 Å². The van der Waals surface area contributed by atoms with E-state index in [1.807, 2.05) is 19.0 Å². The Morgan fingerprint density at radius 3 is 2.43 bits per heavy atom. The number of sulfonamides is 1. The maximum atomic E-state index is 12.3. The first kappa shape index (κ1) is 16.9. The lowest BCUT2D eigenvalue weighted by Gasteiger charge is -2.16. The molecule has 0 fully saturated rings. The molecule has 8 heteroatoms. The van der Waals surface area contributed by atoms with Crippen molar-refractivity contribution >= 4 is 21.7 Å². The molecule has 1 aromatic heterocycles. The zero-order valence-electron chi connectivity index (χ0n) is 12.9. The summed E-state index contributed by atoms with van der Waals surface area (Å²) in [6.07, 6.45) is 1.65. The summed E-state index contributed by atoms with van der Waals surface area (Å²) < 4.78 is 27.1. The van der Waals surface area contributed by atoms with Crippen LogP contribution in [0.15, 0.2) is 47.5 Å². The van der Waals surface area contributed by atoms with Crippen molar-refractivity contribution < 1.29 is 13.2 Å². The SMILES string of the molecule is CN(C)c1ncccc1CNS(=O)(=O)c1ccc(C(N)=O)cc1. The minimum atomic E-state index is -3.69. The third-order valence-corrected chi connectivity index (χ3v) is 4.61. The first-order valence-corrected chi connectivity index (χ1v) is 8.30. The molecule has 0 saturated carbocycles. The van der Waals surface area contributed by atoms with E-state index in [-0.39, 0.29) is 17.0 Å². The fourth-order valence-electron chi connectivity index (χ4n) is 2.03. The molecule has 122 valence electrons. The van der Waals surface area contributed by atoms with E-state index in [0.29, 0.717) is 5.82 Å². The van der Waals surface area contributed by atoms with Gasteiger partial charge in [0.1, 0.15) is 5.82 Å². The Balaban J connectivity index is 2.18. The highest BCUT2D eigenvalue weighted by atomic mass is 32.2. The molecule has 23 heavy (non-hydrogen) atoms. The third kappa shape index (κ3) is 4.05. The average Bonchev–Trinajstić information content (AvgIpc) is 2.53. The van der Waals surface area contributed by atoms with E-state index in [1.54, 1.807) is 18.3 Å². The Morgan fingerprint density at radius 1 is 1.22 bits per heavy atom. The van der Waals surface area contributed by atoms with Gasteiger partial charge in [-0.2, -0.15) is 0 Å². The molecule has 1 heterocycles. The van der Waals surface area contributed by atoms with Crippen molar-refractivity contribution in [3.05, 3.63) is 53.7 Å². The van der Waals surface area contributed by atoms with Crippen molar-refractivity contribution in [3.8, 4) is 0 Å². The molecule has 0 radical (unpaired) electrons. The first-order chi connectivity index (χ1) is 10.8. The van der Waals surface area contributed by atoms with Gasteiger partial charge in [-0.3, -0.25) is 4.79 Å². The number of primary amides is 1. The van der Waals surface area contributed by atoms with Crippen LogP contribution in [0, 0.1) is 0 Å². The summed E-state index contributed by atoms with van der Waals surface area (Å²) >= 11 is 0. The van der Waals surface area contributed by atoms with Crippen LogP contribution in [0.25, 0.3) is 0 Å². The number of carbonyl (C=O) groups is 1. The van der Waals surface area contributed by atoms with Crippen LogP contribution in [0.4, 0.5) is 5.82 Å². The molecule has 0 saturated heterocycles. The summed E-state index contributed by atoms with van der Waals surface area (Å²) in [5.41, 5.74) is 6.15. The standard InChI is InChI=1S/C15H18N4O3S/c1-19(2)15-12(4-3-9-17-15)10-18-23(21,22)13-7-5-11(6-8-13)14(16)20/h3-9,18H,10H2,1-2H3,(H2,16,20). The van der Waals surface area contributed by atoms with Crippen LogP contribution < -0.4 is 15.4 Å². The van der Waals surface area contributed by atoms with E-state index in [9.17, 15) is 13.2 Å². The molecule has 0 bridgehead atoms. The second-order valence-corrected chi connectivity index (χ2v) is 6.86. The molecule has 1 amide bonds. The lowest BCUT2D eigenvalue weighted by atomic mass is 10.2. The first-order valence-electron chi connectivity index (χ1n) is 6.82. The lowest BCUT2D eigenvalue weighted by Crippen LogP contribution is -2.25. The predicted molar refractivity (Wildman–Crippen MR) is 87.5 cm³/mol. The fraction of sp³-hybridized carbons (Fsp3) is 0.200. The van der Waals surface area contributed by atoms with Gasteiger partial charge in [-0.1, -0.05) is 6.07 Å². The summed E-state index contributed by atoms with van der Waals surface area (Å²) in [7, 11) is -0.0194. The van der Waals surface area contributed by atoms with E-state index < -0.39 is 15.9 Å². The van der Waals surface area contributed by atoms with E-state index in [2.05, 4.69) is 9.71 Å². The van der Waals surface area contributed by atoms with Crippen LogP contribution in [0.1, 0.15) is 15.9 Å². The summed E-state index contributed by atoms with van der Waals surface area (Å²) in [6.45, 7) is 0.112. The highest BCUT2D eigenvalue weighted by Gasteiger charge is 2.15. The largest absolute Gasteiger partial charge is 0.366 e. The highest BCUT2D eigenvalue weighted by molar-refractivity contribution is 7.89. The van der Waals surface area contributed by atoms with Gasteiger partial charge in [0.15, 0.2) is 0 Å². The number of anilines is 1. The minimum Gasteiger partial charge on any atom is -0.366 e. The van der Waals surface area contributed by atoms with E-state index in [1.165, 1.54) is 24.3 Å². The van der Waals surface area contributed by atoms with Gasteiger partial charge in [0.2, 0.25) is 15.9 Å². The molecule has 0 spiro atoms.